The molecule has 1 aliphatic heterocycles. The van der Waals surface area contributed by atoms with E-state index in [1.54, 1.807) is 29.2 Å². The molecule has 116 valence electrons. The Morgan fingerprint density at radius 1 is 1.29 bits per heavy atom. The summed E-state index contributed by atoms with van der Waals surface area (Å²) in [6.45, 7) is 1.17. The zero-order chi connectivity index (χ0) is 15.5. The van der Waals surface area contributed by atoms with E-state index >= 15 is 0 Å². The molecule has 21 heavy (non-hydrogen) atoms. The van der Waals surface area contributed by atoms with Gasteiger partial charge in [0.15, 0.2) is 0 Å². The molecule has 1 N–H and O–H groups in total. The van der Waals surface area contributed by atoms with E-state index in [0.29, 0.717) is 23.8 Å². The number of carbonyl (C=O) groups is 1. The van der Waals surface area contributed by atoms with Crippen molar-refractivity contribution in [3.63, 3.8) is 0 Å². The number of halogens is 1. The lowest BCUT2D eigenvalue weighted by atomic mass is 9.99. The second-order valence-corrected chi connectivity index (χ2v) is 8.08. The Kier molecular flexibility index (Phi) is 5.11. The van der Waals surface area contributed by atoms with Gasteiger partial charge in [-0.25, -0.2) is 13.2 Å². The maximum absolute atomic E-state index is 12.1. The Balaban J connectivity index is 1.84. The summed E-state index contributed by atoms with van der Waals surface area (Å²) in [6, 6.07) is 6.77. The minimum atomic E-state index is -2.95. The van der Waals surface area contributed by atoms with E-state index in [2.05, 4.69) is 5.32 Å². The number of carbonyl (C=O) groups excluding carboxylic acids is 1. The number of hydrogen-bond acceptors (Lipinski definition) is 3. The van der Waals surface area contributed by atoms with E-state index in [-0.39, 0.29) is 17.7 Å². The van der Waals surface area contributed by atoms with Gasteiger partial charge in [0, 0.05) is 30.1 Å². The third-order valence-electron chi connectivity index (χ3n) is 3.54. The molecule has 2 rings (SSSR count). The van der Waals surface area contributed by atoms with E-state index in [9.17, 15) is 13.2 Å². The second-order valence-electron chi connectivity index (χ2n) is 5.46. The molecule has 2 amide bonds. The first kappa shape index (κ1) is 16.1. The van der Waals surface area contributed by atoms with Crippen LogP contribution in [0.2, 0.25) is 5.02 Å². The SMILES string of the molecule is CS(=O)(=O)CC1CCN(C(=O)Nc2ccc(Cl)cc2)CC1. The van der Waals surface area contributed by atoms with Crippen LogP contribution in [0.3, 0.4) is 0 Å². The molecule has 1 aromatic carbocycles. The van der Waals surface area contributed by atoms with E-state index < -0.39 is 9.84 Å². The number of sulfone groups is 1. The molecule has 0 spiro atoms. The molecule has 1 heterocycles. The normalized spacial score (nSPS) is 16.8. The van der Waals surface area contributed by atoms with Crippen LogP contribution in [0.5, 0.6) is 0 Å². The fourth-order valence-electron chi connectivity index (χ4n) is 2.47. The maximum atomic E-state index is 12.1. The lowest BCUT2D eigenvalue weighted by Crippen LogP contribution is -2.42. The van der Waals surface area contributed by atoms with Crippen molar-refractivity contribution >= 4 is 33.2 Å². The van der Waals surface area contributed by atoms with Gasteiger partial charge in [0.05, 0.1) is 5.75 Å². The predicted molar refractivity (Wildman–Crippen MR) is 84.5 cm³/mol. The van der Waals surface area contributed by atoms with Crippen molar-refractivity contribution < 1.29 is 13.2 Å². The molecule has 5 nitrogen and oxygen atoms in total. The number of nitrogens with zero attached hydrogens (tertiary/aromatic N) is 1. The molecule has 1 aromatic rings. The Labute approximate surface area is 130 Å². The summed E-state index contributed by atoms with van der Waals surface area (Å²) in [5.74, 6) is 0.360. The fourth-order valence-corrected chi connectivity index (χ4v) is 3.78. The number of piperidine rings is 1. The Hall–Kier alpha value is -1.27. The third kappa shape index (κ3) is 5.21. The Morgan fingerprint density at radius 3 is 2.38 bits per heavy atom. The standard InChI is InChI=1S/C14H19ClN2O3S/c1-21(19,20)10-11-6-8-17(9-7-11)14(18)16-13-4-2-12(15)3-5-13/h2-5,11H,6-10H2,1H3,(H,16,18). The number of rotatable bonds is 3. The minimum Gasteiger partial charge on any atom is -0.325 e. The largest absolute Gasteiger partial charge is 0.325 e. The van der Waals surface area contributed by atoms with Gasteiger partial charge in [-0.1, -0.05) is 11.6 Å². The highest BCUT2D eigenvalue weighted by atomic mass is 35.5. The summed E-state index contributed by atoms with van der Waals surface area (Å²) >= 11 is 5.79. The average molecular weight is 331 g/mol. The van der Waals surface area contributed by atoms with Crippen LogP contribution in [0.25, 0.3) is 0 Å². The summed E-state index contributed by atoms with van der Waals surface area (Å²) in [6.07, 6.45) is 2.70. The van der Waals surface area contributed by atoms with E-state index in [1.165, 1.54) is 6.26 Å². The number of benzene rings is 1. The van der Waals surface area contributed by atoms with Crippen LogP contribution < -0.4 is 5.32 Å². The minimum absolute atomic E-state index is 0.152. The summed E-state index contributed by atoms with van der Waals surface area (Å²) in [4.78, 5) is 13.8. The quantitative estimate of drug-likeness (QED) is 0.926. The highest BCUT2D eigenvalue weighted by molar-refractivity contribution is 7.90. The highest BCUT2D eigenvalue weighted by Gasteiger charge is 2.25. The van der Waals surface area contributed by atoms with Gasteiger partial charge in [-0.15, -0.1) is 0 Å². The number of nitrogens with one attached hydrogen (secondary N) is 1. The lowest BCUT2D eigenvalue weighted by molar-refractivity contribution is 0.187. The molecular weight excluding hydrogens is 312 g/mol. The van der Waals surface area contributed by atoms with Crippen molar-refractivity contribution in [1.82, 2.24) is 4.90 Å². The van der Waals surface area contributed by atoms with Gasteiger partial charge in [-0.2, -0.15) is 0 Å². The van der Waals surface area contributed by atoms with Crippen LogP contribution in [-0.2, 0) is 9.84 Å². The molecule has 7 heteroatoms. The summed E-state index contributed by atoms with van der Waals surface area (Å²) in [7, 11) is -2.95. The van der Waals surface area contributed by atoms with Gasteiger partial charge in [-0.3, -0.25) is 0 Å². The summed E-state index contributed by atoms with van der Waals surface area (Å²) in [5, 5.41) is 3.43. The molecule has 1 aliphatic rings. The van der Waals surface area contributed by atoms with Crippen molar-refractivity contribution in [2.24, 2.45) is 5.92 Å². The van der Waals surface area contributed by atoms with Crippen LogP contribution in [0.4, 0.5) is 10.5 Å². The molecule has 1 saturated heterocycles. The van der Waals surface area contributed by atoms with Gasteiger partial charge in [-0.05, 0) is 43.0 Å². The monoisotopic (exact) mass is 330 g/mol. The van der Waals surface area contributed by atoms with Gasteiger partial charge >= 0.3 is 6.03 Å². The zero-order valence-electron chi connectivity index (χ0n) is 11.9. The van der Waals surface area contributed by atoms with Crippen LogP contribution >= 0.6 is 11.6 Å². The van der Waals surface area contributed by atoms with Gasteiger partial charge in [0.25, 0.3) is 0 Å². The first-order valence-electron chi connectivity index (χ1n) is 6.83. The number of likely N-dealkylation sites (tertiary alicyclic amines) is 1. The molecule has 1 fully saturated rings. The van der Waals surface area contributed by atoms with E-state index in [4.69, 9.17) is 11.6 Å². The van der Waals surface area contributed by atoms with Gasteiger partial charge in [0.1, 0.15) is 9.84 Å². The molecular formula is C14H19ClN2O3S. The van der Waals surface area contributed by atoms with Gasteiger partial charge in [0.2, 0.25) is 0 Å². The summed E-state index contributed by atoms with van der Waals surface area (Å²) in [5.41, 5.74) is 0.697. The maximum Gasteiger partial charge on any atom is 0.321 e. The molecule has 0 saturated carbocycles. The molecule has 0 bridgehead atoms. The lowest BCUT2D eigenvalue weighted by Gasteiger charge is -2.31. The zero-order valence-corrected chi connectivity index (χ0v) is 13.5. The van der Waals surface area contributed by atoms with Crippen LogP contribution in [-0.4, -0.2) is 44.4 Å². The van der Waals surface area contributed by atoms with Crippen LogP contribution in [0, 0.1) is 5.92 Å². The Morgan fingerprint density at radius 2 is 1.86 bits per heavy atom. The molecule has 0 radical (unpaired) electrons. The topological polar surface area (TPSA) is 66.5 Å². The third-order valence-corrected chi connectivity index (χ3v) is 4.86. The summed E-state index contributed by atoms with van der Waals surface area (Å²) < 4.78 is 22.6. The van der Waals surface area contributed by atoms with Crippen LogP contribution in [0.1, 0.15) is 12.8 Å². The fraction of sp³-hybridized carbons (Fsp3) is 0.500. The number of amides is 2. The average Bonchev–Trinajstić information content (AvgIpc) is 2.40. The highest BCUT2D eigenvalue weighted by Crippen LogP contribution is 2.20. The van der Waals surface area contributed by atoms with E-state index in [0.717, 1.165) is 12.8 Å². The van der Waals surface area contributed by atoms with Crippen molar-refractivity contribution in [3.8, 4) is 0 Å². The van der Waals surface area contributed by atoms with E-state index in [1.807, 2.05) is 0 Å². The number of anilines is 1. The number of hydrogen-bond donors (Lipinski definition) is 1. The molecule has 0 aromatic heterocycles. The molecule has 0 aliphatic carbocycles. The van der Waals surface area contributed by atoms with Crippen molar-refractivity contribution in [2.45, 2.75) is 12.8 Å². The molecule has 0 atom stereocenters. The van der Waals surface area contributed by atoms with Crippen molar-refractivity contribution in [2.75, 3.05) is 30.4 Å². The predicted octanol–water partition coefficient (Wildman–Crippen LogP) is 2.63. The van der Waals surface area contributed by atoms with Gasteiger partial charge < -0.3 is 10.2 Å². The van der Waals surface area contributed by atoms with Crippen LogP contribution in [0.15, 0.2) is 24.3 Å². The second kappa shape index (κ2) is 6.66. The van der Waals surface area contributed by atoms with Crippen molar-refractivity contribution in [3.05, 3.63) is 29.3 Å². The smallest absolute Gasteiger partial charge is 0.321 e. The van der Waals surface area contributed by atoms with Crippen molar-refractivity contribution in [1.29, 1.82) is 0 Å². The first-order valence-corrected chi connectivity index (χ1v) is 9.26. The number of urea groups is 1. The molecule has 0 unspecified atom stereocenters. The Bertz CT molecular complexity index is 593. The first-order chi connectivity index (χ1) is 9.83.